The Kier molecular flexibility index (Phi) is 5.60. The maximum atomic E-state index is 13.3. The molecule has 0 aromatic heterocycles. The van der Waals surface area contributed by atoms with Gasteiger partial charge in [0.15, 0.2) is 0 Å². The lowest BCUT2D eigenvalue weighted by Crippen LogP contribution is -2.49. The van der Waals surface area contributed by atoms with Gasteiger partial charge < -0.3 is 30.0 Å². The molecule has 1 aromatic rings. The molecule has 1 aromatic carbocycles. The Balaban J connectivity index is 2.26. The van der Waals surface area contributed by atoms with Gasteiger partial charge in [-0.05, 0) is 19.9 Å². The molecule has 29 heavy (non-hydrogen) atoms. The predicted octanol–water partition coefficient (Wildman–Crippen LogP) is 0.644. The molecule has 9 nitrogen and oxygen atoms in total. The molecule has 0 bridgehead atoms. The zero-order chi connectivity index (χ0) is 21.2. The van der Waals surface area contributed by atoms with Crippen molar-refractivity contribution in [1.29, 1.82) is 0 Å². The van der Waals surface area contributed by atoms with Crippen LogP contribution in [-0.4, -0.2) is 44.8 Å². The van der Waals surface area contributed by atoms with Gasteiger partial charge in [-0.2, -0.15) is 0 Å². The van der Waals surface area contributed by atoms with E-state index in [-0.39, 0.29) is 48.3 Å². The van der Waals surface area contributed by atoms with Crippen LogP contribution in [0.1, 0.15) is 19.4 Å². The van der Waals surface area contributed by atoms with Crippen LogP contribution in [0, 0.1) is 0 Å². The second kappa shape index (κ2) is 7.96. The van der Waals surface area contributed by atoms with E-state index in [1.807, 2.05) is 0 Å². The number of carbonyl (C=O) groups is 3. The topological polar surface area (TPSA) is 126 Å². The SMILES string of the molecule is CCOC(=O)C1=C(N)Oc2ccccc2[C@]12C(=O)NC(C)=C2C(=O)OCCOC. The fourth-order valence-electron chi connectivity index (χ4n) is 3.62. The zero-order valence-electron chi connectivity index (χ0n) is 16.4. The van der Waals surface area contributed by atoms with E-state index < -0.39 is 23.3 Å². The average Bonchev–Trinajstić information content (AvgIpc) is 2.92. The first kappa shape index (κ1) is 20.4. The summed E-state index contributed by atoms with van der Waals surface area (Å²) < 4.78 is 20.9. The van der Waals surface area contributed by atoms with E-state index in [0.29, 0.717) is 5.56 Å². The molecule has 1 spiro atoms. The first-order chi connectivity index (χ1) is 13.9. The third kappa shape index (κ3) is 3.13. The number of rotatable bonds is 6. The highest BCUT2D eigenvalue weighted by Crippen LogP contribution is 2.51. The molecular weight excluding hydrogens is 380 g/mol. The standard InChI is InChI=1S/C20H22N2O7/c1-4-27-18(24)15-16(21)29-13-8-6-5-7-12(13)20(15)14(11(2)22-19(20)25)17(23)28-10-9-26-3/h5-8H,4,9-10,21H2,1-3H3,(H,22,25)/t20-/m1/s1. The van der Waals surface area contributed by atoms with E-state index in [2.05, 4.69) is 5.32 Å². The third-order valence-corrected chi connectivity index (χ3v) is 4.73. The number of hydrogen-bond acceptors (Lipinski definition) is 8. The molecule has 154 valence electrons. The van der Waals surface area contributed by atoms with E-state index in [9.17, 15) is 14.4 Å². The van der Waals surface area contributed by atoms with Gasteiger partial charge in [0.05, 0.1) is 18.8 Å². The summed E-state index contributed by atoms with van der Waals surface area (Å²) in [6.07, 6.45) is 0. The van der Waals surface area contributed by atoms with Gasteiger partial charge in [0.25, 0.3) is 0 Å². The number of ether oxygens (including phenoxy) is 4. The molecule has 0 saturated carbocycles. The third-order valence-electron chi connectivity index (χ3n) is 4.73. The molecule has 0 fully saturated rings. The maximum absolute atomic E-state index is 13.3. The average molecular weight is 402 g/mol. The van der Waals surface area contributed by atoms with Crippen molar-refractivity contribution in [3.05, 3.63) is 52.6 Å². The fourth-order valence-corrected chi connectivity index (χ4v) is 3.62. The molecular formula is C20H22N2O7. The number of para-hydroxylation sites is 1. The summed E-state index contributed by atoms with van der Waals surface area (Å²) in [4.78, 5) is 39.1. The quantitative estimate of drug-likeness (QED) is 0.525. The molecule has 2 heterocycles. The number of nitrogens with two attached hydrogens (primary N) is 1. The Morgan fingerprint density at radius 3 is 2.52 bits per heavy atom. The number of nitrogens with one attached hydrogen (secondary N) is 1. The highest BCUT2D eigenvalue weighted by atomic mass is 16.6. The van der Waals surface area contributed by atoms with Crippen LogP contribution in [-0.2, 0) is 34.0 Å². The van der Waals surface area contributed by atoms with Crippen LogP contribution in [0.5, 0.6) is 5.75 Å². The molecule has 0 aliphatic carbocycles. The van der Waals surface area contributed by atoms with Crippen molar-refractivity contribution in [2.24, 2.45) is 5.73 Å². The second-order valence-electron chi connectivity index (χ2n) is 6.39. The summed E-state index contributed by atoms with van der Waals surface area (Å²) in [6, 6.07) is 6.56. The number of allylic oxidation sites excluding steroid dienone is 1. The van der Waals surface area contributed by atoms with Gasteiger partial charge in [0.1, 0.15) is 23.3 Å². The number of hydrogen-bond donors (Lipinski definition) is 2. The lowest BCUT2D eigenvalue weighted by atomic mass is 9.67. The van der Waals surface area contributed by atoms with Crippen LogP contribution in [0.3, 0.4) is 0 Å². The van der Waals surface area contributed by atoms with E-state index in [4.69, 9.17) is 24.7 Å². The van der Waals surface area contributed by atoms with E-state index in [0.717, 1.165) is 0 Å². The van der Waals surface area contributed by atoms with Crippen molar-refractivity contribution >= 4 is 17.8 Å². The van der Waals surface area contributed by atoms with Gasteiger partial charge >= 0.3 is 11.9 Å². The summed E-state index contributed by atoms with van der Waals surface area (Å²) >= 11 is 0. The highest BCUT2D eigenvalue weighted by molar-refractivity contribution is 6.17. The number of carbonyl (C=O) groups excluding carboxylic acids is 3. The number of fused-ring (bicyclic) bond motifs is 2. The predicted molar refractivity (Wildman–Crippen MR) is 100 cm³/mol. The Hall–Kier alpha value is -3.33. The molecule has 0 unspecified atom stereocenters. The summed E-state index contributed by atoms with van der Waals surface area (Å²) in [5.74, 6) is -2.30. The molecule has 3 N–H and O–H groups in total. The van der Waals surface area contributed by atoms with Gasteiger partial charge in [-0.25, -0.2) is 9.59 Å². The Labute approximate surface area is 167 Å². The zero-order valence-corrected chi connectivity index (χ0v) is 16.4. The van der Waals surface area contributed by atoms with Gasteiger partial charge in [0.2, 0.25) is 11.8 Å². The molecule has 3 rings (SSSR count). The number of esters is 2. The highest BCUT2D eigenvalue weighted by Gasteiger charge is 2.61. The summed E-state index contributed by atoms with van der Waals surface area (Å²) in [5.41, 5.74) is 4.46. The molecule has 1 amide bonds. The minimum Gasteiger partial charge on any atom is -0.462 e. The largest absolute Gasteiger partial charge is 0.462 e. The van der Waals surface area contributed by atoms with Crippen molar-refractivity contribution < 1.29 is 33.3 Å². The number of benzene rings is 1. The van der Waals surface area contributed by atoms with Gasteiger partial charge in [-0.3, -0.25) is 4.79 Å². The first-order valence-corrected chi connectivity index (χ1v) is 9.03. The smallest absolute Gasteiger partial charge is 0.341 e. The molecule has 9 heteroatoms. The number of amides is 1. The Morgan fingerprint density at radius 1 is 1.14 bits per heavy atom. The Morgan fingerprint density at radius 2 is 1.83 bits per heavy atom. The number of methoxy groups -OCH3 is 1. The van der Waals surface area contributed by atoms with E-state index >= 15 is 0 Å². The maximum Gasteiger partial charge on any atom is 0.341 e. The molecule has 2 aliphatic heterocycles. The summed E-state index contributed by atoms with van der Waals surface area (Å²) in [6.45, 7) is 3.37. The van der Waals surface area contributed by atoms with Gasteiger partial charge in [-0.15, -0.1) is 0 Å². The minimum atomic E-state index is -1.85. The minimum absolute atomic E-state index is 0.0253. The molecule has 0 radical (unpaired) electrons. The van der Waals surface area contributed by atoms with Crippen LogP contribution >= 0.6 is 0 Å². The molecule has 1 atom stereocenters. The van der Waals surface area contributed by atoms with Gasteiger partial charge in [0, 0.05) is 18.4 Å². The summed E-state index contributed by atoms with van der Waals surface area (Å²) in [5, 5.41) is 2.64. The second-order valence-corrected chi connectivity index (χ2v) is 6.39. The van der Waals surface area contributed by atoms with E-state index in [1.54, 1.807) is 38.1 Å². The van der Waals surface area contributed by atoms with Crippen LogP contribution < -0.4 is 15.8 Å². The van der Waals surface area contributed by atoms with Crippen molar-refractivity contribution in [3.8, 4) is 5.75 Å². The Bertz CT molecular complexity index is 935. The van der Waals surface area contributed by atoms with Crippen LogP contribution in [0.25, 0.3) is 0 Å². The van der Waals surface area contributed by atoms with Crippen molar-refractivity contribution in [2.45, 2.75) is 19.3 Å². The van der Waals surface area contributed by atoms with Crippen molar-refractivity contribution in [3.63, 3.8) is 0 Å². The monoisotopic (exact) mass is 402 g/mol. The van der Waals surface area contributed by atoms with Crippen LogP contribution in [0.4, 0.5) is 0 Å². The normalized spacial score (nSPS) is 20.3. The lowest BCUT2D eigenvalue weighted by Gasteiger charge is -2.35. The summed E-state index contributed by atoms with van der Waals surface area (Å²) in [7, 11) is 1.47. The van der Waals surface area contributed by atoms with E-state index in [1.165, 1.54) is 7.11 Å². The van der Waals surface area contributed by atoms with Gasteiger partial charge in [-0.1, -0.05) is 18.2 Å². The lowest BCUT2D eigenvalue weighted by molar-refractivity contribution is -0.143. The molecule has 0 saturated heterocycles. The first-order valence-electron chi connectivity index (χ1n) is 9.03. The molecule has 2 aliphatic rings. The van der Waals surface area contributed by atoms with Crippen LogP contribution in [0.15, 0.2) is 47.0 Å². The fraction of sp³-hybridized carbons (Fsp3) is 0.350. The van der Waals surface area contributed by atoms with Crippen molar-refractivity contribution in [1.82, 2.24) is 5.32 Å². The van der Waals surface area contributed by atoms with Crippen LogP contribution in [0.2, 0.25) is 0 Å². The van der Waals surface area contributed by atoms with Crippen molar-refractivity contribution in [2.75, 3.05) is 26.9 Å².